The van der Waals surface area contributed by atoms with E-state index in [0.29, 0.717) is 21.3 Å². The lowest BCUT2D eigenvalue weighted by atomic mass is 9.76. The monoisotopic (exact) mass is 383 g/mol. The number of halogens is 4. The number of rotatable bonds is 1. The molecule has 0 bridgehead atoms. The molecule has 2 aromatic carbocycles. The number of para-hydroxylation sites is 1. The summed E-state index contributed by atoms with van der Waals surface area (Å²) >= 11 is 3.32. The molecule has 1 amide bonds. The van der Waals surface area contributed by atoms with E-state index in [0.717, 1.165) is 4.90 Å². The first-order chi connectivity index (χ1) is 10.8. The third kappa shape index (κ3) is 2.65. The van der Waals surface area contributed by atoms with Crippen LogP contribution in [-0.2, 0) is 4.79 Å². The summed E-state index contributed by atoms with van der Waals surface area (Å²) in [6, 6.07) is 13.5. The molecule has 0 aliphatic carbocycles. The number of benzene rings is 2. The Labute approximate surface area is 140 Å². The SMILES string of the molecule is CN1C(=O)[C@H](C(F)(F)F)[C@H](c2ccccc2Br)c2ccccc21. The molecule has 6 heteroatoms. The van der Waals surface area contributed by atoms with Crippen molar-refractivity contribution in [2.45, 2.75) is 12.1 Å². The van der Waals surface area contributed by atoms with E-state index < -0.39 is 23.9 Å². The molecule has 2 atom stereocenters. The van der Waals surface area contributed by atoms with Gasteiger partial charge in [-0.05, 0) is 23.3 Å². The molecule has 120 valence electrons. The molecule has 0 spiro atoms. The zero-order valence-electron chi connectivity index (χ0n) is 12.1. The number of hydrogen-bond donors (Lipinski definition) is 0. The second-order valence-electron chi connectivity index (χ2n) is 5.47. The standard InChI is InChI=1S/C17H13BrF3NO/c1-22-13-9-5-3-7-11(13)14(10-6-2-4-8-12(10)18)15(16(22)23)17(19,20)21/h2-9,14-15H,1H3/t14-,15-/m1/s1. The van der Waals surface area contributed by atoms with Gasteiger partial charge < -0.3 is 4.90 Å². The highest BCUT2D eigenvalue weighted by Crippen LogP contribution is 2.50. The van der Waals surface area contributed by atoms with E-state index in [1.54, 1.807) is 48.5 Å². The first-order valence-corrected chi connectivity index (χ1v) is 7.79. The maximum Gasteiger partial charge on any atom is 0.401 e. The molecule has 0 saturated carbocycles. The van der Waals surface area contributed by atoms with Crippen molar-refractivity contribution in [2.75, 3.05) is 11.9 Å². The van der Waals surface area contributed by atoms with Crippen LogP contribution in [0.25, 0.3) is 0 Å². The van der Waals surface area contributed by atoms with Gasteiger partial charge >= 0.3 is 6.18 Å². The van der Waals surface area contributed by atoms with Crippen LogP contribution in [0.2, 0.25) is 0 Å². The fraction of sp³-hybridized carbons (Fsp3) is 0.235. The molecule has 23 heavy (non-hydrogen) atoms. The number of fused-ring (bicyclic) bond motifs is 1. The summed E-state index contributed by atoms with van der Waals surface area (Å²) in [5.74, 6) is -4.09. The minimum absolute atomic E-state index is 0.462. The van der Waals surface area contributed by atoms with E-state index in [2.05, 4.69) is 15.9 Å². The lowest BCUT2D eigenvalue weighted by Gasteiger charge is -2.39. The Morgan fingerprint density at radius 2 is 1.57 bits per heavy atom. The first kappa shape index (κ1) is 16.1. The minimum Gasteiger partial charge on any atom is -0.315 e. The van der Waals surface area contributed by atoms with Crippen LogP contribution in [0.4, 0.5) is 18.9 Å². The van der Waals surface area contributed by atoms with E-state index in [1.165, 1.54) is 7.05 Å². The minimum atomic E-state index is -4.63. The van der Waals surface area contributed by atoms with E-state index in [9.17, 15) is 18.0 Å². The van der Waals surface area contributed by atoms with Crippen molar-refractivity contribution in [3.63, 3.8) is 0 Å². The van der Waals surface area contributed by atoms with E-state index in [-0.39, 0.29) is 0 Å². The number of anilines is 1. The first-order valence-electron chi connectivity index (χ1n) is 7.00. The highest BCUT2D eigenvalue weighted by molar-refractivity contribution is 9.10. The van der Waals surface area contributed by atoms with Crippen LogP contribution in [0.3, 0.4) is 0 Å². The van der Waals surface area contributed by atoms with Gasteiger partial charge in [0.15, 0.2) is 0 Å². The number of alkyl halides is 3. The van der Waals surface area contributed by atoms with Crippen LogP contribution in [0, 0.1) is 5.92 Å². The summed E-state index contributed by atoms with van der Waals surface area (Å²) in [5, 5.41) is 0. The van der Waals surface area contributed by atoms with Crippen LogP contribution in [0.5, 0.6) is 0 Å². The molecule has 0 aromatic heterocycles. The lowest BCUT2D eigenvalue weighted by Crippen LogP contribution is -2.48. The number of nitrogens with zero attached hydrogens (tertiary/aromatic N) is 1. The normalized spacial score (nSPS) is 21.3. The number of carbonyl (C=O) groups is 1. The van der Waals surface area contributed by atoms with Crippen molar-refractivity contribution in [1.29, 1.82) is 0 Å². The maximum absolute atomic E-state index is 13.7. The Bertz CT molecular complexity index is 759. The Balaban J connectivity index is 2.29. The van der Waals surface area contributed by atoms with Gasteiger partial charge in [-0.2, -0.15) is 13.2 Å². The number of hydrogen-bond acceptors (Lipinski definition) is 1. The van der Waals surface area contributed by atoms with Crippen LogP contribution in [-0.4, -0.2) is 19.1 Å². The summed E-state index contributed by atoms with van der Waals surface area (Å²) < 4.78 is 41.6. The quantitative estimate of drug-likeness (QED) is 0.696. The zero-order valence-corrected chi connectivity index (χ0v) is 13.7. The predicted octanol–water partition coefficient (Wildman–Crippen LogP) is 4.74. The molecular weight excluding hydrogens is 371 g/mol. The van der Waals surface area contributed by atoms with Crippen molar-refractivity contribution in [3.05, 3.63) is 64.1 Å². The van der Waals surface area contributed by atoms with Crippen molar-refractivity contribution >= 4 is 27.5 Å². The summed E-state index contributed by atoms with van der Waals surface area (Å²) in [5.41, 5.74) is 1.48. The summed E-state index contributed by atoms with van der Waals surface area (Å²) in [4.78, 5) is 13.5. The van der Waals surface area contributed by atoms with Gasteiger partial charge in [-0.3, -0.25) is 4.79 Å². The molecule has 1 aliphatic heterocycles. The van der Waals surface area contributed by atoms with Gasteiger partial charge in [-0.1, -0.05) is 52.3 Å². The van der Waals surface area contributed by atoms with E-state index in [4.69, 9.17) is 0 Å². The summed E-state index contributed by atoms with van der Waals surface area (Å²) in [6.45, 7) is 0. The topological polar surface area (TPSA) is 20.3 Å². The van der Waals surface area contributed by atoms with Gasteiger partial charge in [0.2, 0.25) is 5.91 Å². The Hall–Kier alpha value is -1.82. The highest BCUT2D eigenvalue weighted by Gasteiger charge is 2.54. The van der Waals surface area contributed by atoms with Gasteiger partial charge in [0.25, 0.3) is 0 Å². The fourth-order valence-corrected chi connectivity index (χ4v) is 3.64. The summed E-state index contributed by atoms with van der Waals surface area (Å²) in [7, 11) is 1.39. The molecule has 0 N–H and O–H groups in total. The van der Waals surface area contributed by atoms with Crippen LogP contribution >= 0.6 is 15.9 Å². The van der Waals surface area contributed by atoms with Crippen molar-refractivity contribution < 1.29 is 18.0 Å². The Morgan fingerprint density at radius 1 is 1.00 bits per heavy atom. The molecule has 1 aliphatic rings. The second-order valence-corrected chi connectivity index (χ2v) is 6.33. The smallest absolute Gasteiger partial charge is 0.315 e. The summed E-state index contributed by atoms with van der Waals surface area (Å²) in [6.07, 6.45) is -4.63. The van der Waals surface area contributed by atoms with Gasteiger partial charge in [0.1, 0.15) is 5.92 Å². The highest BCUT2D eigenvalue weighted by atomic mass is 79.9. The molecule has 0 radical (unpaired) electrons. The van der Waals surface area contributed by atoms with Crippen molar-refractivity contribution in [3.8, 4) is 0 Å². The molecular formula is C17H13BrF3NO. The predicted molar refractivity (Wildman–Crippen MR) is 85.4 cm³/mol. The van der Waals surface area contributed by atoms with Gasteiger partial charge in [-0.15, -0.1) is 0 Å². The molecule has 3 rings (SSSR count). The molecule has 1 heterocycles. The van der Waals surface area contributed by atoms with Crippen LogP contribution in [0.1, 0.15) is 17.0 Å². The molecule has 0 unspecified atom stereocenters. The van der Waals surface area contributed by atoms with Crippen LogP contribution < -0.4 is 4.90 Å². The van der Waals surface area contributed by atoms with E-state index >= 15 is 0 Å². The average Bonchev–Trinajstić information content (AvgIpc) is 2.50. The van der Waals surface area contributed by atoms with Gasteiger partial charge in [0, 0.05) is 23.1 Å². The molecule has 0 fully saturated rings. The molecule has 2 nitrogen and oxygen atoms in total. The maximum atomic E-state index is 13.7. The average molecular weight is 384 g/mol. The number of carbonyl (C=O) groups excluding carboxylic acids is 1. The number of amides is 1. The lowest BCUT2D eigenvalue weighted by molar-refractivity contribution is -0.184. The second kappa shape index (κ2) is 5.67. The zero-order chi connectivity index (χ0) is 16.8. The van der Waals surface area contributed by atoms with Crippen LogP contribution in [0.15, 0.2) is 53.0 Å². The largest absolute Gasteiger partial charge is 0.401 e. The van der Waals surface area contributed by atoms with Crippen molar-refractivity contribution in [1.82, 2.24) is 0 Å². The van der Waals surface area contributed by atoms with Gasteiger partial charge in [0.05, 0.1) is 0 Å². The fourth-order valence-electron chi connectivity index (χ4n) is 3.11. The third-order valence-corrected chi connectivity index (χ3v) is 4.88. The third-order valence-electron chi connectivity index (χ3n) is 4.16. The Morgan fingerprint density at radius 3 is 2.17 bits per heavy atom. The Kier molecular flexibility index (Phi) is 3.96. The van der Waals surface area contributed by atoms with Crippen molar-refractivity contribution in [2.24, 2.45) is 5.92 Å². The van der Waals surface area contributed by atoms with Gasteiger partial charge in [-0.25, -0.2) is 0 Å². The molecule has 0 saturated heterocycles. The molecule has 2 aromatic rings. The van der Waals surface area contributed by atoms with E-state index in [1.807, 2.05) is 0 Å².